The van der Waals surface area contributed by atoms with Gasteiger partial charge in [0, 0.05) is 6.92 Å². The summed E-state index contributed by atoms with van der Waals surface area (Å²) in [5.41, 5.74) is 0. The van der Waals surface area contributed by atoms with Crippen molar-refractivity contribution in [2.75, 3.05) is 0 Å². The normalized spacial score (nSPS) is 4.90. The number of hydrogen-bond acceptors (Lipinski definition) is 4. The smallest absolute Gasteiger partial charge is 0.565 e. The van der Waals surface area contributed by atoms with Crippen LogP contribution in [0.5, 0.6) is 0 Å². The third-order valence-corrected chi connectivity index (χ3v) is 0. The first-order valence-corrected chi connectivity index (χ1v) is 1.56. The summed E-state index contributed by atoms with van der Waals surface area (Å²) in [6.45, 7) is 1.08. The molecule has 0 rings (SSSR count). The van der Waals surface area contributed by atoms with Crippen LogP contribution in [0.15, 0.2) is 0 Å². The van der Waals surface area contributed by atoms with Crippen molar-refractivity contribution in [2.24, 2.45) is 0 Å². The van der Waals surface area contributed by atoms with Gasteiger partial charge in [-0.1, -0.05) is 0 Å². The van der Waals surface area contributed by atoms with E-state index in [1.54, 1.807) is 0 Å². The van der Waals surface area contributed by atoms with Crippen molar-refractivity contribution in [1.82, 2.24) is 6.15 Å². The van der Waals surface area contributed by atoms with Crippen LogP contribution >= 0.6 is 0 Å². The van der Waals surface area contributed by atoms with Crippen LogP contribution in [-0.4, -0.2) is 22.3 Å². The zero-order valence-corrected chi connectivity index (χ0v) is 7.83. The Morgan fingerprint density at radius 2 is 1.30 bits per heavy atom. The minimum absolute atomic E-state index is 0. The number of carboxylic acid groups (broad SMARTS) is 3. The Bertz CT molecular complexity index is 74.9. The zero-order valence-electron chi connectivity index (χ0n) is 5.83. The van der Waals surface area contributed by atoms with Gasteiger partial charge in [0.1, 0.15) is 0 Å². The number of aliphatic carboxylic acids is 1. The standard InChI is InChI=1S/C2H4O2.CH2O3.H3N.Na/c1-2(3)4;2-1(3)4;;/h1H3,(H,3,4);(H2,2,3,4);1H3;/q;;;+1/p-1. The van der Waals surface area contributed by atoms with E-state index in [0.717, 1.165) is 6.92 Å². The molecule has 0 saturated carbocycles. The van der Waals surface area contributed by atoms with Crippen LogP contribution in [0.2, 0.25) is 0 Å². The minimum atomic E-state index is -2.08. The Kier molecular flexibility index (Phi) is 35.9. The molecule has 0 unspecified atom stereocenters. The van der Waals surface area contributed by atoms with Crippen LogP contribution in [0, 0.1) is 0 Å². The third-order valence-electron chi connectivity index (χ3n) is 0. The molecule has 0 atom stereocenters. The Hall–Kier alpha value is -0.300. The van der Waals surface area contributed by atoms with Crippen LogP contribution in [0.4, 0.5) is 4.79 Å². The Labute approximate surface area is 79.7 Å². The molecule has 0 aromatic carbocycles. The average Bonchev–Trinajstić information content (AvgIpc) is 1.25. The first-order chi connectivity index (χ1) is 3.46. The molecule has 7 heteroatoms. The molecule has 0 amide bonds. The molecule has 0 aromatic heterocycles. The first kappa shape index (κ1) is 22.6. The van der Waals surface area contributed by atoms with Crippen LogP contribution in [-0.2, 0) is 4.79 Å². The molecule has 0 heterocycles. The summed E-state index contributed by atoms with van der Waals surface area (Å²) in [6.07, 6.45) is -2.08. The minimum Gasteiger partial charge on any atom is -0.565 e. The predicted molar refractivity (Wildman–Crippen MR) is 26.4 cm³/mol. The van der Waals surface area contributed by atoms with E-state index in [0.29, 0.717) is 0 Å². The van der Waals surface area contributed by atoms with Crippen LogP contribution in [0.1, 0.15) is 6.92 Å². The molecule has 0 aliphatic carbocycles. The quantitative estimate of drug-likeness (QED) is 0.311. The molecule has 10 heavy (non-hydrogen) atoms. The van der Waals surface area contributed by atoms with Gasteiger partial charge in [-0.15, -0.1) is 0 Å². The van der Waals surface area contributed by atoms with Gasteiger partial charge in [0.05, 0.1) is 0 Å². The molecule has 0 bridgehead atoms. The number of carboxylic acids is 1. The molecule has 5 N–H and O–H groups in total. The topological polar surface area (TPSA) is 133 Å². The molecule has 6 nitrogen and oxygen atoms in total. The Morgan fingerprint density at radius 1 is 1.30 bits per heavy atom. The van der Waals surface area contributed by atoms with Crippen molar-refractivity contribution < 1.29 is 54.5 Å². The summed E-state index contributed by atoms with van der Waals surface area (Å²) in [6, 6.07) is 0. The monoisotopic (exact) mass is 161 g/mol. The molecule has 0 aliphatic rings. The van der Waals surface area contributed by atoms with E-state index >= 15 is 0 Å². The fourth-order valence-corrected chi connectivity index (χ4v) is 0. The molecule has 0 fully saturated rings. The summed E-state index contributed by atoms with van der Waals surface area (Å²) in [5.74, 6) is -0.833. The van der Waals surface area contributed by atoms with E-state index in [-0.39, 0.29) is 35.7 Å². The van der Waals surface area contributed by atoms with Gasteiger partial charge in [0.15, 0.2) is 0 Å². The third kappa shape index (κ3) is 3840. The average molecular weight is 161 g/mol. The molecule has 0 radical (unpaired) electrons. The van der Waals surface area contributed by atoms with Gasteiger partial charge >= 0.3 is 29.6 Å². The van der Waals surface area contributed by atoms with E-state index in [1.807, 2.05) is 0 Å². The fraction of sp³-hybridized carbons (Fsp3) is 0.333. The van der Waals surface area contributed by atoms with Gasteiger partial charge in [-0.3, -0.25) is 4.79 Å². The van der Waals surface area contributed by atoms with Gasteiger partial charge in [0.2, 0.25) is 6.16 Å². The molecule has 0 aromatic rings. The van der Waals surface area contributed by atoms with Gasteiger partial charge in [-0.05, 0) is 0 Å². The van der Waals surface area contributed by atoms with Crippen molar-refractivity contribution in [2.45, 2.75) is 6.92 Å². The molecule has 0 aliphatic heterocycles. The van der Waals surface area contributed by atoms with Gasteiger partial charge in [-0.25, -0.2) is 0 Å². The summed E-state index contributed by atoms with van der Waals surface area (Å²) in [5, 5.41) is 22.7. The van der Waals surface area contributed by atoms with Gasteiger partial charge < -0.3 is 26.3 Å². The van der Waals surface area contributed by atoms with E-state index in [1.165, 1.54) is 0 Å². The Balaban J connectivity index is -0.0000000300. The maximum Gasteiger partial charge on any atom is 1.00 e. The second-order valence-electron chi connectivity index (χ2n) is 0.785. The maximum atomic E-state index is 9.00. The van der Waals surface area contributed by atoms with E-state index in [9.17, 15) is 0 Å². The van der Waals surface area contributed by atoms with E-state index in [4.69, 9.17) is 24.9 Å². The Morgan fingerprint density at radius 3 is 1.30 bits per heavy atom. The summed E-state index contributed by atoms with van der Waals surface area (Å²) in [4.78, 5) is 17.4. The molecule has 0 saturated heterocycles. The van der Waals surface area contributed by atoms with Gasteiger partial charge in [-0.2, -0.15) is 0 Å². The molecular weight excluding hydrogens is 153 g/mol. The second kappa shape index (κ2) is 15.9. The van der Waals surface area contributed by atoms with E-state index in [2.05, 4.69) is 0 Å². The van der Waals surface area contributed by atoms with Crippen LogP contribution < -0.4 is 40.8 Å². The summed E-state index contributed by atoms with van der Waals surface area (Å²) >= 11 is 0. The maximum absolute atomic E-state index is 9.00. The van der Waals surface area contributed by atoms with Gasteiger partial charge in [0.25, 0.3) is 5.97 Å². The SMILES string of the molecule is CC(=O)O.N.O=C([O-])O.[Na+]. The van der Waals surface area contributed by atoms with Crippen molar-refractivity contribution in [1.29, 1.82) is 0 Å². The zero-order chi connectivity index (χ0) is 7.15. The van der Waals surface area contributed by atoms with Crippen molar-refractivity contribution >= 4 is 12.1 Å². The number of hydrogen-bond donors (Lipinski definition) is 3. The molecule has 56 valence electrons. The second-order valence-corrected chi connectivity index (χ2v) is 0.785. The molecular formula is C3H8NNaO5. The summed E-state index contributed by atoms with van der Waals surface area (Å²) in [7, 11) is 0. The fourth-order valence-electron chi connectivity index (χ4n) is 0. The van der Waals surface area contributed by atoms with Crippen LogP contribution in [0.25, 0.3) is 0 Å². The van der Waals surface area contributed by atoms with Crippen LogP contribution in [0.3, 0.4) is 0 Å². The van der Waals surface area contributed by atoms with Crippen molar-refractivity contribution in [3.8, 4) is 0 Å². The first-order valence-electron chi connectivity index (χ1n) is 1.56. The number of rotatable bonds is 0. The van der Waals surface area contributed by atoms with Crippen molar-refractivity contribution in [3.63, 3.8) is 0 Å². The largest absolute Gasteiger partial charge is 1.00 e. The molecule has 0 spiro atoms. The number of carbonyl (C=O) groups is 2. The predicted octanol–water partition coefficient (Wildman–Crippen LogP) is -3.86. The van der Waals surface area contributed by atoms with E-state index < -0.39 is 12.1 Å². The summed E-state index contributed by atoms with van der Waals surface area (Å²) < 4.78 is 0. The van der Waals surface area contributed by atoms with Crippen molar-refractivity contribution in [3.05, 3.63) is 0 Å².